The Morgan fingerprint density at radius 1 is 0.833 bits per heavy atom. The smallest absolute Gasteiger partial charge is 0.172 e. The molecule has 0 aliphatic rings. The number of nitrogens with zero attached hydrogens (tertiary/aromatic N) is 1. The molecule has 0 aliphatic carbocycles. The largest absolute Gasteiger partial charge is 0.205 e. The fourth-order valence-electron chi connectivity index (χ4n) is 2.49. The van der Waals surface area contributed by atoms with Crippen LogP contribution in [0.2, 0.25) is 0 Å². The van der Waals surface area contributed by atoms with Crippen molar-refractivity contribution in [2.24, 2.45) is 0 Å². The van der Waals surface area contributed by atoms with E-state index in [2.05, 4.69) is 43.8 Å². The molecule has 0 radical (unpaired) electrons. The van der Waals surface area contributed by atoms with Crippen LogP contribution >= 0.6 is 0 Å². The molecular formula is C17H30N+. The Morgan fingerprint density at radius 3 is 2.22 bits per heavy atom. The maximum absolute atomic E-state index is 2.39. The van der Waals surface area contributed by atoms with E-state index in [0.29, 0.717) is 0 Å². The molecule has 0 aromatic carbocycles. The Morgan fingerprint density at radius 2 is 1.56 bits per heavy atom. The van der Waals surface area contributed by atoms with Crippen LogP contribution in [0.15, 0.2) is 18.5 Å². The summed E-state index contributed by atoms with van der Waals surface area (Å²) in [4.78, 5) is 0. The highest BCUT2D eigenvalue weighted by atomic mass is 14.9. The van der Waals surface area contributed by atoms with Gasteiger partial charge in [-0.25, -0.2) is 4.57 Å². The van der Waals surface area contributed by atoms with Crippen LogP contribution in [0.5, 0.6) is 0 Å². The van der Waals surface area contributed by atoms with Gasteiger partial charge in [-0.15, -0.1) is 0 Å². The number of pyridine rings is 1. The molecule has 0 aliphatic heterocycles. The molecule has 18 heavy (non-hydrogen) atoms. The SMILES string of the molecule is CCCCCC[n+]1ccc(CCC)c(CCC)c1. The Bertz CT molecular complexity index is 330. The third-order valence-electron chi connectivity index (χ3n) is 3.51. The van der Waals surface area contributed by atoms with Gasteiger partial charge in [-0.05, 0) is 24.8 Å². The summed E-state index contributed by atoms with van der Waals surface area (Å²) >= 11 is 0. The van der Waals surface area contributed by atoms with Crippen LogP contribution < -0.4 is 4.57 Å². The number of unbranched alkanes of at least 4 members (excludes halogenated alkanes) is 3. The second kappa shape index (κ2) is 9.13. The van der Waals surface area contributed by atoms with E-state index in [1.54, 1.807) is 11.1 Å². The molecule has 1 aromatic rings. The summed E-state index contributed by atoms with van der Waals surface area (Å²) in [6.45, 7) is 7.99. The number of aryl methyl sites for hydroxylation is 3. The molecule has 0 atom stereocenters. The molecule has 1 rings (SSSR count). The summed E-state index contributed by atoms with van der Waals surface area (Å²) in [5, 5.41) is 0. The van der Waals surface area contributed by atoms with E-state index >= 15 is 0 Å². The number of aromatic nitrogens is 1. The minimum atomic E-state index is 1.18. The van der Waals surface area contributed by atoms with Crippen molar-refractivity contribution in [3.05, 3.63) is 29.6 Å². The molecule has 1 heterocycles. The van der Waals surface area contributed by atoms with Crippen molar-refractivity contribution in [1.82, 2.24) is 0 Å². The quantitative estimate of drug-likeness (QED) is 0.449. The summed E-state index contributed by atoms with van der Waals surface area (Å²) in [5.74, 6) is 0. The third kappa shape index (κ3) is 5.20. The fraction of sp³-hybridized carbons (Fsp3) is 0.706. The van der Waals surface area contributed by atoms with E-state index in [0.717, 1.165) is 0 Å². The van der Waals surface area contributed by atoms with Crippen LogP contribution in [0.25, 0.3) is 0 Å². The normalized spacial score (nSPS) is 10.8. The van der Waals surface area contributed by atoms with Gasteiger partial charge < -0.3 is 0 Å². The van der Waals surface area contributed by atoms with Gasteiger partial charge in [0.25, 0.3) is 0 Å². The zero-order valence-electron chi connectivity index (χ0n) is 12.5. The molecule has 0 bridgehead atoms. The van der Waals surface area contributed by atoms with Crippen molar-refractivity contribution >= 4 is 0 Å². The fourth-order valence-corrected chi connectivity index (χ4v) is 2.49. The molecule has 1 heteroatoms. The predicted molar refractivity (Wildman–Crippen MR) is 78.8 cm³/mol. The van der Waals surface area contributed by atoms with E-state index in [1.165, 1.54) is 57.9 Å². The van der Waals surface area contributed by atoms with Crippen molar-refractivity contribution in [2.75, 3.05) is 0 Å². The summed E-state index contributed by atoms with van der Waals surface area (Å²) in [7, 11) is 0. The van der Waals surface area contributed by atoms with Crippen LogP contribution in [0, 0.1) is 0 Å². The highest BCUT2D eigenvalue weighted by Crippen LogP contribution is 2.11. The lowest BCUT2D eigenvalue weighted by Crippen LogP contribution is -2.33. The van der Waals surface area contributed by atoms with Gasteiger partial charge in [0.1, 0.15) is 6.54 Å². The van der Waals surface area contributed by atoms with Crippen LogP contribution in [-0.4, -0.2) is 0 Å². The number of hydrogen-bond donors (Lipinski definition) is 0. The Labute approximate surface area is 113 Å². The van der Waals surface area contributed by atoms with Gasteiger partial charge in [0.15, 0.2) is 12.4 Å². The lowest BCUT2D eigenvalue weighted by atomic mass is 10.0. The average molecular weight is 248 g/mol. The van der Waals surface area contributed by atoms with Crippen LogP contribution in [0.1, 0.15) is 70.4 Å². The van der Waals surface area contributed by atoms with Gasteiger partial charge >= 0.3 is 0 Å². The summed E-state index contributed by atoms with van der Waals surface area (Å²) < 4.78 is 2.39. The maximum Gasteiger partial charge on any atom is 0.172 e. The maximum atomic E-state index is 2.39. The van der Waals surface area contributed by atoms with Gasteiger partial charge in [0, 0.05) is 18.1 Å². The van der Waals surface area contributed by atoms with E-state index in [1.807, 2.05) is 0 Å². The standard InChI is InChI=1S/C17H30N/c1-4-7-8-9-13-18-14-12-16(10-5-2)17(15-18)11-6-3/h12,14-15H,4-11,13H2,1-3H3/q+1. The zero-order valence-corrected chi connectivity index (χ0v) is 12.5. The molecule has 1 aromatic heterocycles. The molecular weight excluding hydrogens is 218 g/mol. The lowest BCUT2D eigenvalue weighted by molar-refractivity contribution is -0.697. The molecule has 0 saturated carbocycles. The minimum absolute atomic E-state index is 1.18. The van der Waals surface area contributed by atoms with E-state index in [9.17, 15) is 0 Å². The first-order chi connectivity index (χ1) is 8.81. The molecule has 0 N–H and O–H groups in total. The summed E-state index contributed by atoms with van der Waals surface area (Å²) in [6.07, 6.45) is 15.0. The Hall–Kier alpha value is -0.850. The topological polar surface area (TPSA) is 3.88 Å². The van der Waals surface area contributed by atoms with E-state index in [4.69, 9.17) is 0 Å². The van der Waals surface area contributed by atoms with Gasteiger partial charge in [0.2, 0.25) is 0 Å². The summed E-state index contributed by atoms with van der Waals surface area (Å²) in [6, 6.07) is 2.34. The first-order valence-corrected chi connectivity index (χ1v) is 7.82. The highest BCUT2D eigenvalue weighted by Gasteiger charge is 2.08. The van der Waals surface area contributed by atoms with Crippen molar-refractivity contribution in [2.45, 2.75) is 78.7 Å². The molecule has 0 saturated heterocycles. The van der Waals surface area contributed by atoms with Gasteiger partial charge in [-0.1, -0.05) is 46.5 Å². The average Bonchev–Trinajstić information content (AvgIpc) is 2.38. The van der Waals surface area contributed by atoms with Gasteiger partial charge in [0.05, 0.1) is 0 Å². The zero-order chi connectivity index (χ0) is 13.2. The molecule has 0 fully saturated rings. The van der Waals surface area contributed by atoms with Gasteiger partial charge in [-0.2, -0.15) is 0 Å². The first-order valence-electron chi connectivity index (χ1n) is 7.82. The van der Waals surface area contributed by atoms with Crippen LogP contribution in [0.4, 0.5) is 0 Å². The van der Waals surface area contributed by atoms with Crippen LogP contribution in [0.3, 0.4) is 0 Å². The second-order valence-corrected chi connectivity index (χ2v) is 5.29. The molecule has 102 valence electrons. The summed E-state index contributed by atoms with van der Waals surface area (Å²) in [5.41, 5.74) is 3.13. The Balaban J connectivity index is 2.61. The second-order valence-electron chi connectivity index (χ2n) is 5.29. The highest BCUT2D eigenvalue weighted by molar-refractivity contribution is 5.21. The number of hydrogen-bond acceptors (Lipinski definition) is 0. The Kier molecular flexibility index (Phi) is 7.71. The molecule has 0 amide bonds. The van der Waals surface area contributed by atoms with Crippen LogP contribution in [-0.2, 0) is 19.4 Å². The predicted octanol–water partition coefficient (Wildman–Crippen LogP) is 4.46. The molecule has 0 unspecified atom stereocenters. The number of rotatable bonds is 9. The molecule has 0 spiro atoms. The van der Waals surface area contributed by atoms with E-state index in [-0.39, 0.29) is 0 Å². The van der Waals surface area contributed by atoms with Crippen molar-refractivity contribution in [1.29, 1.82) is 0 Å². The van der Waals surface area contributed by atoms with Gasteiger partial charge in [-0.3, -0.25) is 0 Å². The van der Waals surface area contributed by atoms with Crippen molar-refractivity contribution in [3.63, 3.8) is 0 Å². The van der Waals surface area contributed by atoms with E-state index < -0.39 is 0 Å². The minimum Gasteiger partial charge on any atom is -0.205 e. The first kappa shape index (κ1) is 15.2. The van der Waals surface area contributed by atoms with Crippen molar-refractivity contribution in [3.8, 4) is 0 Å². The van der Waals surface area contributed by atoms with Crippen molar-refractivity contribution < 1.29 is 4.57 Å². The lowest BCUT2D eigenvalue weighted by Gasteiger charge is -2.06. The third-order valence-corrected chi connectivity index (χ3v) is 3.51. The monoisotopic (exact) mass is 248 g/mol. The molecule has 1 nitrogen and oxygen atoms in total.